The number of nitrogens with one attached hydrogen (secondary N) is 1. The lowest BCUT2D eigenvalue weighted by Crippen LogP contribution is -2.30. The van der Waals surface area contributed by atoms with E-state index in [1.165, 1.54) is 46.3 Å². The topological polar surface area (TPSA) is 73.9 Å². The van der Waals surface area contributed by atoms with Gasteiger partial charge in [-0.25, -0.2) is 0 Å². The van der Waals surface area contributed by atoms with Crippen LogP contribution in [0.15, 0.2) is 18.2 Å². The first-order valence-electron chi connectivity index (χ1n) is 9.25. The lowest BCUT2D eigenvalue weighted by Gasteiger charge is -2.21. The molecular formula is C20H29NO5. The minimum atomic E-state index is -0.856. The maximum Gasteiger partial charge on any atom is 0.306 e. The molecule has 144 valence electrons. The Labute approximate surface area is 155 Å². The molecule has 6 heteroatoms. The Morgan fingerprint density at radius 2 is 1.69 bits per heavy atom. The fourth-order valence-corrected chi connectivity index (χ4v) is 3.23. The molecule has 0 aromatic heterocycles. The number of benzene rings is 1. The van der Waals surface area contributed by atoms with E-state index in [1.807, 2.05) is 0 Å². The van der Waals surface area contributed by atoms with E-state index in [1.54, 1.807) is 25.1 Å². The van der Waals surface area contributed by atoms with Gasteiger partial charge in [0.15, 0.2) is 6.10 Å². The van der Waals surface area contributed by atoms with E-state index in [4.69, 9.17) is 14.2 Å². The number of carbonyl (C=O) groups is 2. The average molecular weight is 363 g/mol. The number of amides is 1. The van der Waals surface area contributed by atoms with E-state index >= 15 is 0 Å². The monoisotopic (exact) mass is 363 g/mol. The predicted octanol–water partition coefficient (Wildman–Crippen LogP) is 3.93. The van der Waals surface area contributed by atoms with Crippen LogP contribution >= 0.6 is 0 Å². The number of ether oxygens (including phenoxy) is 3. The predicted molar refractivity (Wildman–Crippen MR) is 99.5 cm³/mol. The van der Waals surface area contributed by atoms with Gasteiger partial charge in [-0.15, -0.1) is 0 Å². The van der Waals surface area contributed by atoms with Crippen molar-refractivity contribution in [1.29, 1.82) is 0 Å². The van der Waals surface area contributed by atoms with Crippen molar-refractivity contribution < 1.29 is 23.8 Å². The Balaban J connectivity index is 1.82. The van der Waals surface area contributed by atoms with E-state index in [-0.39, 0.29) is 11.9 Å². The van der Waals surface area contributed by atoms with Crippen LogP contribution in [0.2, 0.25) is 0 Å². The highest BCUT2D eigenvalue weighted by molar-refractivity contribution is 5.95. The Morgan fingerprint density at radius 3 is 2.27 bits per heavy atom. The summed E-state index contributed by atoms with van der Waals surface area (Å²) in [5, 5.41) is 2.73. The molecule has 1 amide bonds. The summed E-state index contributed by atoms with van der Waals surface area (Å²) in [5.74, 6) is 1.05. The third-order valence-electron chi connectivity index (χ3n) is 4.78. The fourth-order valence-electron chi connectivity index (χ4n) is 3.23. The summed E-state index contributed by atoms with van der Waals surface area (Å²) >= 11 is 0. The number of carbonyl (C=O) groups excluding carboxylic acids is 2. The summed E-state index contributed by atoms with van der Waals surface area (Å²) in [6, 6.07) is 5.07. The molecule has 1 saturated carbocycles. The summed E-state index contributed by atoms with van der Waals surface area (Å²) in [5.41, 5.74) is 0.524. The first-order valence-corrected chi connectivity index (χ1v) is 9.25. The molecule has 0 saturated heterocycles. The highest BCUT2D eigenvalue weighted by Gasteiger charge is 2.20. The molecular weight excluding hydrogens is 334 g/mol. The molecule has 1 aromatic rings. The normalized spacial score (nSPS) is 15.8. The molecule has 1 N–H and O–H groups in total. The van der Waals surface area contributed by atoms with Crippen molar-refractivity contribution in [3.8, 4) is 11.5 Å². The molecule has 0 spiro atoms. The second-order valence-electron chi connectivity index (χ2n) is 6.77. The van der Waals surface area contributed by atoms with E-state index in [9.17, 15) is 9.59 Å². The van der Waals surface area contributed by atoms with Crippen LogP contribution in [0.25, 0.3) is 0 Å². The molecule has 1 atom stereocenters. The highest BCUT2D eigenvalue weighted by Crippen LogP contribution is 2.28. The van der Waals surface area contributed by atoms with Gasteiger partial charge in [-0.05, 0) is 19.3 Å². The smallest absolute Gasteiger partial charge is 0.306 e. The molecule has 1 fully saturated rings. The first-order chi connectivity index (χ1) is 12.5. The van der Waals surface area contributed by atoms with Crippen molar-refractivity contribution >= 4 is 17.6 Å². The van der Waals surface area contributed by atoms with Crippen molar-refractivity contribution in [2.75, 3.05) is 19.5 Å². The minimum Gasteiger partial charge on any atom is -0.497 e. The highest BCUT2D eigenvalue weighted by atomic mass is 16.5. The maximum atomic E-state index is 12.3. The molecule has 0 heterocycles. The Kier molecular flexibility index (Phi) is 7.75. The zero-order valence-corrected chi connectivity index (χ0v) is 15.9. The van der Waals surface area contributed by atoms with Gasteiger partial charge in [0.2, 0.25) is 0 Å². The molecule has 1 unspecified atom stereocenters. The van der Waals surface area contributed by atoms with Crippen LogP contribution < -0.4 is 14.8 Å². The molecule has 1 aliphatic carbocycles. The molecule has 0 radical (unpaired) electrons. The number of hydrogen-bond donors (Lipinski definition) is 1. The molecule has 1 aliphatic rings. The van der Waals surface area contributed by atoms with E-state index in [0.717, 1.165) is 6.42 Å². The quantitative estimate of drug-likeness (QED) is 0.708. The van der Waals surface area contributed by atoms with Crippen LogP contribution in [0, 0.1) is 5.92 Å². The van der Waals surface area contributed by atoms with Crippen LogP contribution in [0.3, 0.4) is 0 Å². The average Bonchev–Trinajstić information content (AvgIpc) is 2.66. The van der Waals surface area contributed by atoms with E-state index in [2.05, 4.69) is 5.32 Å². The van der Waals surface area contributed by atoms with Crippen LogP contribution in [-0.4, -0.2) is 32.2 Å². The fraction of sp³-hybridized carbons (Fsp3) is 0.600. The molecule has 6 nitrogen and oxygen atoms in total. The van der Waals surface area contributed by atoms with Gasteiger partial charge in [0.25, 0.3) is 5.91 Å². The zero-order chi connectivity index (χ0) is 18.9. The number of anilines is 1. The second kappa shape index (κ2) is 10.0. The van der Waals surface area contributed by atoms with Gasteiger partial charge in [0.05, 0.1) is 14.2 Å². The second-order valence-corrected chi connectivity index (χ2v) is 6.77. The van der Waals surface area contributed by atoms with Gasteiger partial charge in [0.1, 0.15) is 11.5 Å². The Morgan fingerprint density at radius 1 is 1.08 bits per heavy atom. The SMILES string of the molecule is COc1cc(NC(=O)C(C)OC(=O)CCC2CCCCC2)cc(OC)c1. The Hall–Kier alpha value is -2.24. The minimum absolute atomic E-state index is 0.318. The summed E-state index contributed by atoms with van der Waals surface area (Å²) in [4.78, 5) is 24.3. The van der Waals surface area contributed by atoms with Gasteiger partial charge in [-0.1, -0.05) is 32.1 Å². The van der Waals surface area contributed by atoms with E-state index in [0.29, 0.717) is 29.5 Å². The summed E-state index contributed by atoms with van der Waals surface area (Å²) in [7, 11) is 3.08. The third kappa shape index (κ3) is 6.24. The van der Waals surface area contributed by atoms with Crippen molar-refractivity contribution in [3.63, 3.8) is 0 Å². The molecule has 26 heavy (non-hydrogen) atoms. The van der Waals surface area contributed by atoms with Gasteiger partial charge < -0.3 is 19.5 Å². The number of methoxy groups -OCH3 is 2. The molecule has 1 aromatic carbocycles. The number of hydrogen-bond acceptors (Lipinski definition) is 5. The van der Waals surface area contributed by atoms with Gasteiger partial charge in [0, 0.05) is 30.3 Å². The van der Waals surface area contributed by atoms with Gasteiger partial charge in [-0.2, -0.15) is 0 Å². The standard InChI is InChI=1S/C20H29NO5/c1-14(26-19(22)10-9-15-7-5-4-6-8-15)20(23)21-16-11-17(24-2)13-18(12-16)25-3/h11-15H,4-10H2,1-3H3,(H,21,23). The zero-order valence-electron chi connectivity index (χ0n) is 15.9. The van der Waals surface area contributed by atoms with Crippen LogP contribution in [0.5, 0.6) is 11.5 Å². The lowest BCUT2D eigenvalue weighted by atomic mass is 9.86. The largest absolute Gasteiger partial charge is 0.497 e. The summed E-state index contributed by atoms with van der Waals surface area (Å²) in [6.45, 7) is 1.57. The molecule has 2 rings (SSSR count). The van der Waals surface area contributed by atoms with E-state index < -0.39 is 6.10 Å². The van der Waals surface area contributed by atoms with Crippen molar-refractivity contribution in [2.45, 2.75) is 58.0 Å². The Bertz CT molecular complexity index is 588. The molecule has 0 aliphatic heterocycles. The number of rotatable bonds is 8. The van der Waals surface area contributed by atoms with Gasteiger partial charge >= 0.3 is 5.97 Å². The van der Waals surface area contributed by atoms with Crippen molar-refractivity contribution in [2.24, 2.45) is 5.92 Å². The third-order valence-corrected chi connectivity index (χ3v) is 4.78. The van der Waals surface area contributed by atoms with Crippen LogP contribution in [-0.2, 0) is 14.3 Å². The van der Waals surface area contributed by atoms with Gasteiger partial charge in [-0.3, -0.25) is 9.59 Å². The van der Waals surface area contributed by atoms with Crippen molar-refractivity contribution in [3.05, 3.63) is 18.2 Å². The lowest BCUT2D eigenvalue weighted by molar-refractivity contribution is -0.153. The molecule has 0 bridgehead atoms. The van der Waals surface area contributed by atoms with Crippen LogP contribution in [0.1, 0.15) is 51.9 Å². The maximum absolute atomic E-state index is 12.3. The van der Waals surface area contributed by atoms with Crippen molar-refractivity contribution in [1.82, 2.24) is 0 Å². The summed E-state index contributed by atoms with van der Waals surface area (Å²) < 4.78 is 15.6. The first kappa shape index (κ1) is 20.1. The number of esters is 1. The van der Waals surface area contributed by atoms with Crippen LogP contribution in [0.4, 0.5) is 5.69 Å². The summed E-state index contributed by atoms with van der Waals surface area (Å²) in [6.07, 6.45) is 6.56.